The van der Waals surface area contributed by atoms with E-state index < -0.39 is 0 Å². The van der Waals surface area contributed by atoms with Crippen molar-refractivity contribution in [2.24, 2.45) is 5.92 Å². The van der Waals surface area contributed by atoms with E-state index in [9.17, 15) is 4.79 Å². The second-order valence-corrected chi connectivity index (χ2v) is 3.41. The number of rotatable bonds is 3. The Morgan fingerprint density at radius 3 is 2.79 bits per heavy atom. The maximum absolute atomic E-state index is 11.4. The first-order valence-electron chi connectivity index (χ1n) is 4.42. The van der Waals surface area contributed by atoms with Crippen molar-refractivity contribution in [3.8, 4) is 0 Å². The Hall–Kier alpha value is -1.16. The number of aromatic nitrogens is 2. The Morgan fingerprint density at radius 1 is 1.57 bits per heavy atom. The van der Waals surface area contributed by atoms with Gasteiger partial charge in [-0.05, 0) is 6.42 Å². The Morgan fingerprint density at radius 2 is 2.29 bits per heavy atom. The number of hydrogen-bond donors (Lipinski definition) is 1. The highest BCUT2D eigenvalue weighted by molar-refractivity contribution is 6.29. The highest BCUT2D eigenvalue weighted by atomic mass is 35.5. The van der Waals surface area contributed by atoms with Gasteiger partial charge in [0, 0.05) is 5.92 Å². The van der Waals surface area contributed by atoms with Crippen LogP contribution in [0.4, 0.5) is 5.82 Å². The highest BCUT2D eigenvalue weighted by Crippen LogP contribution is 2.08. The van der Waals surface area contributed by atoms with Gasteiger partial charge in [-0.15, -0.1) is 0 Å². The zero-order valence-electron chi connectivity index (χ0n) is 8.12. The number of anilines is 1. The second-order valence-electron chi connectivity index (χ2n) is 3.02. The van der Waals surface area contributed by atoms with E-state index in [4.69, 9.17) is 11.6 Å². The van der Waals surface area contributed by atoms with Crippen molar-refractivity contribution in [3.63, 3.8) is 0 Å². The molecule has 0 aromatic carbocycles. The first-order chi connectivity index (χ1) is 6.63. The van der Waals surface area contributed by atoms with E-state index in [1.54, 1.807) is 0 Å². The fraction of sp³-hybridized carbons (Fsp3) is 0.444. The molecule has 0 aliphatic heterocycles. The van der Waals surface area contributed by atoms with E-state index in [1.807, 2.05) is 13.8 Å². The van der Waals surface area contributed by atoms with Crippen LogP contribution in [0.5, 0.6) is 0 Å². The van der Waals surface area contributed by atoms with Crippen molar-refractivity contribution in [1.82, 2.24) is 9.97 Å². The Balaban J connectivity index is 2.60. The lowest BCUT2D eigenvalue weighted by Crippen LogP contribution is -2.20. The first kappa shape index (κ1) is 10.9. The monoisotopic (exact) mass is 213 g/mol. The van der Waals surface area contributed by atoms with E-state index in [0.717, 1.165) is 6.42 Å². The molecule has 0 spiro atoms. The van der Waals surface area contributed by atoms with Gasteiger partial charge >= 0.3 is 0 Å². The number of nitrogens with zero attached hydrogens (tertiary/aromatic N) is 2. The van der Waals surface area contributed by atoms with Crippen LogP contribution in [0.1, 0.15) is 20.3 Å². The normalized spacial score (nSPS) is 12.2. The van der Waals surface area contributed by atoms with Crippen LogP contribution < -0.4 is 5.32 Å². The van der Waals surface area contributed by atoms with Crippen molar-refractivity contribution in [2.45, 2.75) is 20.3 Å². The standard InChI is InChI=1S/C9H12ClN3O/c1-3-6(2)9(14)13-8-5-11-7(10)4-12-8/h4-6H,3H2,1-2H3,(H,12,13,14). The summed E-state index contributed by atoms with van der Waals surface area (Å²) in [7, 11) is 0. The number of hydrogen-bond acceptors (Lipinski definition) is 3. The van der Waals surface area contributed by atoms with Crippen LogP contribution in [-0.4, -0.2) is 15.9 Å². The lowest BCUT2D eigenvalue weighted by molar-refractivity contribution is -0.119. The molecule has 1 heterocycles. The van der Waals surface area contributed by atoms with Gasteiger partial charge in [0.05, 0.1) is 12.4 Å². The van der Waals surface area contributed by atoms with Gasteiger partial charge in [-0.3, -0.25) is 4.79 Å². The van der Waals surface area contributed by atoms with Crippen LogP contribution in [0.3, 0.4) is 0 Å². The highest BCUT2D eigenvalue weighted by Gasteiger charge is 2.10. The minimum Gasteiger partial charge on any atom is -0.309 e. The molecule has 1 aromatic heterocycles. The molecule has 0 aliphatic rings. The van der Waals surface area contributed by atoms with Gasteiger partial charge in [0.1, 0.15) is 5.15 Å². The minimum atomic E-state index is -0.0517. The number of carbonyl (C=O) groups excluding carboxylic acids is 1. The van der Waals surface area contributed by atoms with E-state index in [0.29, 0.717) is 11.0 Å². The van der Waals surface area contributed by atoms with Crippen molar-refractivity contribution >= 4 is 23.3 Å². The van der Waals surface area contributed by atoms with Gasteiger partial charge in [-0.25, -0.2) is 9.97 Å². The summed E-state index contributed by atoms with van der Waals surface area (Å²) in [4.78, 5) is 19.1. The minimum absolute atomic E-state index is 0.0209. The van der Waals surface area contributed by atoms with Gasteiger partial charge in [-0.2, -0.15) is 0 Å². The van der Waals surface area contributed by atoms with Crippen molar-refractivity contribution in [3.05, 3.63) is 17.5 Å². The summed E-state index contributed by atoms with van der Waals surface area (Å²) in [6, 6.07) is 0. The summed E-state index contributed by atoms with van der Waals surface area (Å²) in [6.07, 6.45) is 3.63. The summed E-state index contributed by atoms with van der Waals surface area (Å²) < 4.78 is 0. The van der Waals surface area contributed by atoms with Crippen molar-refractivity contribution < 1.29 is 4.79 Å². The predicted molar refractivity (Wildman–Crippen MR) is 55.1 cm³/mol. The SMILES string of the molecule is CCC(C)C(=O)Nc1cnc(Cl)cn1. The Labute approximate surface area is 87.7 Å². The lowest BCUT2D eigenvalue weighted by atomic mass is 10.1. The molecule has 1 amide bonds. The quantitative estimate of drug-likeness (QED) is 0.837. The maximum Gasteiger partial charge on any atom is 0.228 e. The molecule has 1 N–H and O–H groups in total. The van der Waals surface area contributed by atoms with Crippen molar-refractivity contribution in [1.29, 1.82) is 0 Å². The molecule has 76 valence electrons. The van der Waals surface area contributed by atoms with E-state index in [-0.39, 0.29) is 11.8 Å². The molecular formula is C9H12ClN3O. The van der Waals surface area contributed by atoms with Crippen LogP contribution in [-0.2, 0) is 4.79 Å². The number of halogens is 1. The average Bonchev–Trinajstić information content (AvgIpc) is 2.20. The first-order valence-corrected chi connectivity index (χ1v) is 4.79. The van der Waals surface area contributed by atoms with Crippen LogP contribution >= 0.6 is 11.6 Å². The predicted octanol–water partition coefficient (Wildman–Crippen LogP) is 2.11. The van der Waals surface area contributed by atoms with Gasteiger partial charge < -0.3 is 5.32 Å². The largest absolute Gasteiger partial charge is 0.309 e. The summed E-state index contributed by atoms with van der Waals surface area (Å²) in [5, 5.41) is 2.96. The number of carbonyl (C=O) groups is 1. The molecule has 0 radical (unpaired) electrons. The molecule has 4 nitrogen and oxygen atoms in total. The van der Waals surface area contributed by atoms with Crippen LogP contribution in [0, 0.1) is 5.92 Å². The van der Waals surface area contributed by atoms with Crippen molar-refractivity contribution in [2.75, 3.05) is 5.32 Å². The fourth-order valence-corrected chi connectivity index (χ4v) is 0.909. The van der Waals surface area contributed by atoms with Crippen LogP contribution in [0.15, 0.2) is 12.4 Å². The smallest absolute Gasteiger partial charge is 0.228 e. The van der Waals surface area contributed by atoms with Gasteiger partial charge in [-0.1, -0.05) is 25.4 Å². The molecule has 0 saturated heterocycles. The third-order valence-corrected chi connectivity index (χ3v) is 2.13. The zero-order chi connectivity index (χ0) is 10.6. The van der Waals surface area contributed by atoms with Gasteiger partial charge in [0.25, 0.3) is 0 Å². The molecule has 5 heteroatoms. The van der Waals surface area contributed by atoms with E-state index >= 15 is 0 Å². The average molecular weight is 214 g/mol. The van der Waals surface area contributed by atoms with E-state index in [2.05, 4.69) is 15.3 Å². The molecule has 0 aliphatic carbocycles. The summed E-state index contributed by atoms with van der Waals surface area (Å²) in [5.74, 6) is 0.358. The third-order valence-electron chi connectivity index (χ3n) is 1.93. The third kappa shape index (κ3) is 2.96. The molecule has 1 aromatic rings. The number of nitrogens with one attached hydrogen (secondary N) is 1. The molecular weight excluding hydrogens is 202 g/mol. The maximum atomic E-state index is 11.4. The van der Waals surface area contributed by atoms with Crippen LogP contribution in [0.2, 0.25) is 5.15 Å². The summed E-state index contributed by atoms with van der Waals surface area (Å²) in [6.45, 7) is 3.82. The second kappa shape index (κ2) is 4.91. The van der Waals surface area contributed by atoms with E-state index in [1.165, 1.54) is 12.4 Å². The number of amides is 1. The topological polar surface area (TPSA) is 54.9 Å². The lowest BCUT2D eigenvalue weighted by Gasteiger charge is -2.08. The Bertz CT molecular complexity index is 312. The molecule has 1 unspecified atom stereocenters. The summed E-state index contributed by atoms with van der Waals surface area (Å²) >= 11 is 5.55. The van der Waals surface area contributed by atoms with Crippen LogP contribution in [0.25, 0.3) is 0 Å². The molecule has 0 saturated carbocycles. The van der Waals surface area contributed by atoms with Gasteiger partial charge in [0.2, 0.25) is 5.91 Å². The molecule has 14 heavy (non-hydrogen) atoms. The van der Waals surface area contributed by atoms with Gasteiger partial charge in [0.15, 0.2) is 5.82 Å². The summed E-state index contributed by atoms with van der Waals surface area (Å²) in [5.41, 5.74) is 0. The Kier molecular flexibility index (Phi) is 3.83. The zero-order valence-corrected chi connectivity index (χ0v) is 8.88. The molecule has 0 bridgehead atoms. The molecule has 1 rings (SSSR count). The molecule has 0 fully saturated rings. The fourth-order valence-electron chi connectivity index (χ4n) is 0.812. The molecule has 1 atom stereocenters.